The normalized spacial score (nSPS) is 10.5. The summed E-state index contributed by atoms with van der Waals surface area (Å²) in [6.07, 6.45) is 0. The molecule has 0 fully saturated rings. The Kier molecular flexibility index (Phi) is 6.09. The molecule has 0 unspecified atom stereocenters. The second-order valence-corrected chi connectivity index (χ2v) is 5.94. The van der Waals surface area contributed by atoms with Gasteiger partial charge in [0.05, 0.1) is 0 Å². The van der Waals surface area contributed by atoms with Crippen molar-refractivity contribution in [3.05, 3.63) is 65.2 Å². The lowest BCUT2D eigenvalue weighted by molar-refractivity contribution is -0.136. The Bertz CT molecular complexity index is 712. The molecule has 2 amide bonds. The molecule has 126 valence electrons. The van der Waals surface area contributed by atoms with Gasteiger partial charge in [-0.05, 0) is 29.5 Å². The first-order chi connectivity index (χ1) is 11.5. The zero-order valence-electron chi connectivity index (χ0n) is 14.2. The lowest BCUT2D eigenvalue weighted by Crippen LogP contribution is -2.43. The van der Waals surface area contributed by atoms with Crippen molar-refractivity contribution in [2.24, 2.45) is 0 Å². The lowest BCUT2D eigenvalue weighted by atomic mass is 9.98. The van der Waals surface area contributed by atoms with Crippen molar-refractivity contribution in [2.75, 3.05) is 5.32 Å². The minimum Gasteiger partial charge on any atom is -0.317 e. The third kappa shape index (κ3) is 4.67. The van der Waals surface area contributed by atoms with Gasteiger partial charge in [-0.25, -0.2) is 5.43 Å². The highest BCUT2D eigenvalue weighted by atomic mass is 16.2. The maximum Gasteiger partial charge on any atom is 0.323 e. The number of rotatable bonds is 5. The van der Waals surface area contributed by atoms with Crippen molar-refractivity contribution >= 4 is 17.5 Å². The van der Waals surface area contributed by atoms with Crippen LogP contribution in [0.4, 0.5) is 5.69 Å². The highest BCUT2D eigenvalue weighted by Crippen LogP contribution is 2.27. The highest BCUT2D eigenvalue weighted by molar-refractivity contribution is 6.39. The predicted molar refractivity (Wildman–Crippen MR) is 95.3 cm³/mol. The standard InChI is InChI=1S/C19H23N3O2/c1-13(2)16-11-7-8-14(3)17(16)21-18(23)19(24)22-20-12-15-9-5-4-6-10-15/h4-11,13,20H,12H2,1-3H3,(H,21,23)(H,22,24). The molecule has 2 aromatic rings. The first kappa shape index (κ1) is 17.7. The Balaban J connectivity index is 1.94. The predicted octanol–water partition coefficient (Wildman–Crippen LogP) is 2.88. The summed E-state index contributed by atoms with van der Waals surface area (Å²) in [5, 5.41) is 2.72. The monoisotopic (exact) mass is 325 g/mol. The molecule has 5 nitrogen and oxygen atoms in total. The molecule has 0 aliphatic rings. The third-order valence-corrected chi connectivity index (χ3v) is 3.71. The fraction of sp³-hybridized carbons (Fsp3) is 0.263. The zero-order valence-corrected chi connectivity index (χ0v) is 14.2. The number of hydrogen-bond donors (Lipinski definition) is 3. The second-order valence-electron chi connectivity index (χ2n) is 5.94. The molecule has 0 spiro atoms. The summed E-state index contributed by atoms with van der Waals surface area (Å²) < 4.78 is 0. The Hall–Kier alpha value is -2.66. The Morgan fingerprint density at radius 2 is 1.67 bits per heavy atom. The van der Waals surface area contributed by atoms with Crippen LogP contribution in [0, 0.1) is 6.92 Å². The summed E-state index contributed by atoms with van der Waals surface area (Å²) in [6.45, 7) is 6.45. The Morgan fingerprint density at radius 1 is 0.958 bits per heavy atom. The summed E-state index contributed by atoms with van der Waals surface area (Å²) in [7, 11) is 0. The van der Waals surface area contributed by atoms with Gasteiger partial charge in [-0.2, -0.15) is 0 Å². The van der Waals surface area contributed by atoms with Gasteiger partial charge in [-0.1, -0.05) is 62.4 Å². The molecule has 0 aliphatic carbocycles. The molecule has 2 aromatic carbocycles. The van der Waals surface area contributed by atoms with E-state index >= 15 is 0 Å². The fourth-order valence-corrected chi connectivity index (χ4v) is 2.39. The smallest absolute Gasteiger partial charge is 0.317 e. The maximum atomic E-state index is 12.1. The fourth-order valence-electron chi connectivity index (χ4n) is 2.39. The van der Waals surface area contributed by atoms with Crippen LogP contribution < -0.4 is 16.2 Å². The minimum absolute atomic E-state index is 0.250. The number of para-hydroxylation sites is 1. The number of hydrogen-bond acceptors (Lipinski definition) is 3. The zero-order chi connectivity index (χ0) is 17.5. The average molecular weight is 325 g/mol. The van der Waals surface area contributed by atoms with Crippen molar-refractivity contribution in [1.82, 2.24) is 10.9 Å². The first-order valence-electron chi connectivity index (χ1n) is 7.96. The molecule has 0 aliphatic heterocycles. The van der Waals surface area contributed by atoms with E-state index in [0.717, 1.165) is 16.7 Å². The summed E-state index contributed by atoms with van der Waals surface area (Å²) >= 11 is 0. The van der Waals surface area contributed by atoms with Crippen LogP contribution in [-0.2, 0) is 16.1 Å². The van der Waals surface area contributed by atoms with Crippen LogP contribution in [0.5, 0.6) is 0 Å². The number of carbonyl (C=O) groups is 2. The van der Waals surface area contributed by atoms with Crippen molar-refractivity contribution in [3.63, 3.8) is 0 Å². The molecule has 0 heterocycles. The quantitative estimate of drug-likeness (QED) is 0.585. The Morgan fingerprint density at radius 3 is 2.33 bits per heavy atom. The molecule has 2 rings (SSSR count). The number of amides is 2. The molecular weight excluding hydrogens is 302 g/mol. The number of anilines is 1. The van der Waals surface area contributed by atoms with E-state index in [9.17, 15) is 9.59 Å². The van der Waals surface area contributed by atoms with E-state index < -0.39 is 11.8 Å². The van der Waals surface area contributed by atoms with E-state index in [1.54, 1.807) is 0 Å². The number of benzene rings is 2. The van der Waals surface area contributed by atoms with E-state index in [2.05, 4.69) is 16.2 Å². The summed E-state index contributed by atoms with van der Waals surface area (Å²) in [4.78, 5) is 24.1. The van der Waals surface area contributed by atoms with Crippen molar-refractivity contribution < 1.29 is 9.59 Å². The summed E-state index contributed by atoms with van der Waals surface area (Å²) in [6, 6.07) is 15.4. The average Bonchev–Trinajstić information content (AvgIpc) is 2.57. The molecule has 5 heteroatoms. The van der Waals surface area contributed by atoms with Crippen molar-refractivity contribution in [2.45, 2.75) is 33.2 Å². The van der Waals surface area contributed by atoms with Gasteiger partial charge in [0.2, 0.25) is 0 Å². The van der Waals surface area contributed by atoms with Crippen LogP contribution in [0.25, 0.3) is 0 Å². The van der Waals surface area contributed by atoms with E-state index in [1.807, 2.05) is 69.3 Å². The van der Waals surface area contributed by atoms with E-state index in [1.165, 1.54) is 0 Å². The summed E-state index contributed by atoms with van der Waals surface area (Å²) in [5.41, 5.74) is 8.83. The van der Waals surface area contributed by atoms with Gasteiger partial charge >= 0.3 is 11.8 Å². The SMILES string of the molecule is Cc1cccc(C(C)C)c1NC(=O)C(=O)NNCc1ccccc1. The lowest BCUT2D eigenvalue weighted by Gasteiger charge is -2.16. The van der Waals surface area contributed by atoms with Gasteiger partial charge in [-0.15, -0.1) is 0 Å². The van der Waals surface area contributed by atoms with Crippen molar-refractivity contribution in [3.8, 4) is 0 Å². The number of hydrazine groups is 1. The molecule has 0 saturated carbocycles. The van der Waals surface area contributed by atoms with Crippen LogP contribution in [-0.4, -0.2) is 11.8 Å². The third-order valence-electron chi connectivity index (χ3n) is 3.71. The maximum absolute atomic E-state index is 12.1. The van der Waals surface area contributed by atoms with Crippen LogP contribution in [0.3, 0.4) is 0 Å². The van der Waals surface area contributed by atoms with Gasteiger partial charge < -0.3 is 5.32 Å². The van der Waals surface area contributed by atoms with Gasteiger partial charge in [0.15, 0.2) is 0 Å². The van der Waals surface area contributed by atoms with Crippen LogP contribution in [0.15, 0.2) is 48.5 Å². The largest absolute Gasteiger partial charge is 0.323 e. The number of aryl methyl sites for hydroxylation is 1. The van der Waals surface area contributed by atoms with Crippen LogP contribution in [0.1, 0.15) is 36.5 Å². The first-order valence-corrected chi connectivity index (χ1v) is 7.96. The molecule has 24 heavy (non-hydrogen) atoms. The van der Waals surface area contributed by atoms with Crippen LogP contribution in [0.2, 0.25) is 0 Å². The van der Waals surface area contributed by atoms with Crippen LogP contribution >= 0.6 is 0 Å². The van der Waals surface area contributed by atoms with E-state index in [0.29, 0.717) is 12.2 Å². The second kappa shape index (κ2) is 8.26. The number of nitrogens with one attached hydrogen (secondary N) is 3. The molecule has 0 saturated heterocycles. The van der Waals surface area contributed by atoms with Gasteiger partial charge in [0, 0.05) is 12.2 Å². The summed E-state index contributed by atoms with van der Waals surface area (Å²) in [5.74, 6) is -1.16. The van der Waals surface area contributed by atoms with Crippen molar-refractivity contribution in [1.29, 1.82) is 0 Å². The highest BCUT2D eigenvalue weighted by Gasteiger charge is 2.17. The molecular formula is C19H23N3O2. The topological polar surface area (TPSA) is 70.2 Å². The molecule has 0 radical (unpaired) electrons. The van der Waals surface area contributed by atoms with Gasteiger partial charge in [0.1, 0.15) is 0 Å². The van der Waals surface area contributed by atoms with Gasteiger partial charge in [0.25, 0.3) is 0 Å². The number of carbonyl (C=O) groups excluding carboxylic acids is 2. The molecule has 0 aromatic heterocycles. The van der Waals surface area contributed by atoms with E-state index in [-0.39, 0.29) is 5.92 Å². The molecule has 0 atom stereocenters. The minimum atomic E-state index is -0.719. The van der Waals surface area contributed by atoms with Gasteiger partial charge in [-0.3, -0.25) is 15.0 Å². The molecule has 3 N–H and O–H groups in total. The molecule has 0 bridgehead atoms. The Labute approximate surface area is 142 Å². The van der Waals surface area contributed by atoms with E-state index in [4.69, 9.17) is 0 Å².